The summed E-state index contributed by atoms with van der Waals surface area (Å²) in [6.45, 7) is 6.71. The molecule has 1 saturated carbocycles. The molecule has 2 aromatic rings. The van der Waals surface area contributed by atoms with Gasteiger partial charge in [0, 0.05) is 38.3 Å². The summed E-state index contributed by atoms with van der Waals surface area (Å²) in [5.74, 6) is 2.33. The van der Waals surface area contributed by atoms with Gasteiger partial charge in [0.2, 0.25) is 0 Å². The van der Waals surface area contributed by atoms with Crippen LogP contribution in [0, 0.1) is 0 Å². The standard InChI is InChI=1S/C26H34N2O4/c1-3-31-22-11-8-20(9-12-22)19-27-14-16-28(17-15-27)26(29)21-10-13-24(25(18-21)30-2)32-23-6-4-5-7-23/h8-13,18,23H,3-7,14-17,19H2,1-2H3. The fraction of sp³-hybridized carbons (Fsp3) is 0.500. The number of hydrogen-bond donors (Lipinski definition) is 0. The average molecular weight is 439 g/mol. The third-order valence-electron chi connectivity index (χ3n) is 6.31. The van der Waals surface area contributed by atoms with Gasteiger partial charge in [0.05, 0.1) is 19.8 Å². The number of ether oxygens (including phenoxy) is 3. The van der Waals surface area contributed by atoms with E-state index in [9.17, 15) is 4.79 Å². The van der Waals surface area contributed by atoms with Crippen LogP contribution in [0.5, 0.6) is 17.2 Å². The molecule has 1 amide bonds. The molecule has 0 N–H and O–H groups in total. The van der Waals surface area contributed by atoms with E-state index in [1.807, 2.05) is 42.2 Å². The van der Waals surface area contributed by atoms with E-state index >= 15 is 0 Å². The Labute approximate surface area is 191 Å². The quantitative estimate of drug-likeness (QED) is 0.613. The summed E-state index contributed by atoms with van der Waals surface area (Å²) in [6, 6.07) is 13.8. The SMILES string of the molecule is CCOc1ccc(CN2CCN(C(=O)c3ccc(OC4CCCC4)c(OC)c3)CC2)cc1. The molecule has 2 fully saturated rings. The van der Waals surface area contributed by atoms with Gasteiger partial charge in [-0.05, 0) is 68.5 Å². The minimum atomic E-state index is 0.0523. The molecule has 0 aromatic heterocycles. The lowest BCUT2D eigenvalue weighted by Crippen LogP contribution is -2.48. The number of methoxy groups -OCH3 is 1. The van der Waals surface area contributed by atoms with Crippen molar-refractivity contribution in [3.63, 3.8) is 0 Å². The second-order valence-electron chi connectivity index (χ2n) is 8.54. The molecule has 0 radical (unpaired) electrons. The van der Waals surface area contributed by atoms with Crippen molar-refractivity contribution in [2.75, 3.05) is 39.9 Å². The monoisotopic (exact) mass is 438 g/mol. The molecule has 0 atom stereocenters. The van der Waals surface area contributed by atoms with Gasteiger partial charge in [-0.15, -0.1) is 0 Å². The Hall–Kier alpha value is -2.73. The third kappa shape index (κ3) is 5.54. The van der Waals surface area contributed by atoms with Gasteiger partial charge < -0.3 is 19.1 Å². The van der Waals surface area contributed by atoms with Gasteiger partial charge in [0.15, 0.2) is 11.5 Å². The van der Waals surface area contributed by atoms with E-state index in [1.165, 1.54) is 18.4 Å². The first-order valence-electron chi connectivity index (χ1n) is 11.7. The molecule has 6 nitrogen and oxygen atoms in total. The molecule has 1 aliphatic carbocycles. The molecule has 1 saturated heterocycles. The van der Waals surface area contributed by atoms with Crippen LogP contribution in [0.15, 0.2) is 42.5 Å². The summed E-state index contributed by atoms with van der Waals surface area (Å²) >= 11 is 0. The Balaban J connectivity index is 1.31. The van der Waals surface area contributed by atoms with Crippen LogP contribution < -0.4 is 14.2 Å². The van der Waals surface area contributed by atoms with E-state index in [4.69, 9.17) is 14.2 Å². The number of nitrogens with zero attached hydrogens (tertiary/aromatic N) is 2. The molecular weight excluding hydrogens is 404 g/mol. The van der Waals surface area contributed by atoms with Gasteiger partial charge in [0.25, 0.3) is 5.91 Å². The third-order valence-corrected chi connectivity index (χ3v) is 6.31. The topological polar surface area (TPSA) is 51.2 Å². The predicted molar refractivity (Wildman–Crippen MR) is 125 cm³/mol. The number of amides is 1. The van der Waals surface area contributed by atoms with Gasteiger partial charge in [0.1, 0.15) is 5.75 Å². The number of rotatable bonds is 8. The van der Waals surface area contributed by atoms with Crippen molar-refractivity contribution < 1.29 is 19.0 Å². The van der Waals surface area contributed by atoms with Gasteiger partial charge in [-0.25, -0.2) is 0 Å². The van der Waals surface area contributed by atoms with E-state index in [0.717, 1.165) is 57.1 Å². The first kappa shape index (κ1) is 22.5. The molecule has 0 spiro atoms. The van der Waals surface area contributed by atoms with E-state index in [-0.39, 0.29) is 12.0 Å². The minimum absolute atomic E-state index is 0.0523. The molecule has 1 heterocycles. The maximum absolute atomic E-state index is 13.1. The fourth-order valence-electron chi connectivity index (χ4n) is 4.49. The van der Waals surface area contributed by atoms with E-state index in [1.54, 1.807) is 7.11 Å². The van der Waals surface area contributed by atoms with Crippen LogP contribution in [0.25, 0.3) is 0 Å². The van der Waals surface area contributed by atoms with Gasteiger partial charge in [-0.3, -0.25) is 9.69 Å². The van der Waals surface area contributed by atoms with Crippen LogP contribution in [-0.2, 0) is 6.54 Å². The van der Waals surface area contributed by atoms with Crippen LogP contribution in [-0.4, -0.2) is 61.7 Å². The predicted octanol–water partition coefficient (Wildman–Crippen LogP) is 4.37. The van der Waals surface area contributed by atoms with Crippen molar-refractivity contribution in [1.82, 2.24) is 9.80 Å². The molecule has 2 aliphatic rings. The highest BCUT2D eigenvalue weighted by molar-refractivity contribution is 5.95. The minimum Gasteiger partial charge on any atom is -0.494 e. The zero-order valence-corrected chi connectivity index (χ0v) is 19.2. The number of carbonyl (C=O) groups excluding carboxylic acids is 1. The Morgan fingerprint density at radius 3 is 2.34 bits per heavy atom. The van der Waals surface area contributed by atoms with Crippen molar-refractivity contribution in [2.45, 2.75) is 45.3 Å². The normalized spacial score (nSPS) is 17.4. The van der Waals surface area contributed by atoms with Crippen LogP contribution in [0.2, 0.25) is 0 Å². The van der Waals surface area contributed by atoms with Gasteiger partial charge >= 0.3 is 0 Å². The van der Waals surface area contributed by atoms with E-state index < -0.39 is 0 Å². The molecule has 4 rings (SSSR count). The van der Waals surface area contributed by atoms with E-state index in [2.05, 4.69) is 17.0 Å². The first-order chi connectivity index (χ1) is 15.7. The lowest BCUT2D eigenvalue weighted by molar-refractivity contribution is 0.0628. The van der Waals surface area contributed by atoms with Crippen LogP contribution in [0.1, 0.15) is 48.5 Å². The van der Waals surface area contributed by atoms with Crippen molar-refractivity contribution in [3.8, 4) is 17.2 Å². The summed E-state index contributed by atoms with van der Waals surface area (Å²) in [6.07, 6.45) is 4.87. The molecule has 0 unspecified atom stereocenters. The largest absolute Gasteiger partial charge is 0.494 e. The van der Waals surface area contributed by atoms with Crippen molar-refractivity contribution in [2.24, 2.45) is 0 Å². The molecule has 2 aromatic carbocycles. The maximum atomic E-state index is 13.1. The van der Waals surface area contributed by atoms with Crippen LogP contribution >= 0.6 is 0 Å². The second-order valence-corrected chi connectivity index (χ2v) is 8.54. The zero-order chi connectivity index (χ0) is 22.3. The second kappa shape index (κ2) is 10.7. The highest BCUT2D eigenvalue weighted by atomic mass is 16.5. The fourth-order valence-corrected chi connectivity index (χ4v) is 4.49. The molecule has 172 valence electrons. The number of benzene rings is 2. The Kier molecular flexibility index (Phi) is 7.53. The smallest absolute Gasteiger partial charge is 0.254 e. The van der Waals surface area contributed by atoms with Crippen molar-refractivity contribution >= 4 is 5.91 Å². The summed E-state index contributed by atoms with van der Waals surface area (Å²) in [5, 5.41) is 0. The Morgan fingerprint density at radius 1 is 0.969 bits per heavy atom. The first-order valence-corrected chi connectivity index (χ1v) is 11.7. The van der Waals surface area contributed by atoms with Crippen molar-refractivity contribution in [3.05, 3.63) is 53.6 Å². The molecule has 6 heteroatoms. The maximum Gasteiger partial charge on any atom is 0.254 e. The zero-order valence-electron chi connectivity index (χ0n) is 19.2. The molecule has 1 aliphatic heterocycles. The lowest BCUT2D eigenvalue weighted by atomic mass is 10.1. The summed E-state index contributed by atoms with van der Waals surface area (Å²) in [5.41, 5.74) is 1.91. The average Bonchev–Trinajstić information content (AvgIpc) is 3.34. The molecule has 32 heavy (non-hydrogen) atoms. The van der Waals surface area contributed by atoms with Crippen LogP contribution in [0.4, 0.5) is 0 Å². The van der Waals surface area contributed by atoms with Crippen molar-refractivity contribution in [1.29, 1.82) is 0 Å². The number of piperazine rings is 1. The summed E-state index contributed by atoms with van der Waals surface area (Å²) < 4.78 is 17.1. The lowest BCUT2D eigenvalue weighted by Gasteiger charge is -2.35. The van der Waals surface area contributed by atoms with Gasteiger partial charge in [-0.1, -0.05) is 12.1 Å². The molecular formula is C26H34N2O4. The van der Waals surface area contributed by atoms with E-state index in [0.29, 0.717) is 17.9 Å². The number of hydrogen-bond acceptors (Lipinski definition) is 5. The van der Waals surface area contributed by atoms with Crippen LogP contribution in [0.3, 0.4) is 0 Å². The summed E-state index contributed by atoms with van der Waals surface area (Å²) in [7, 11) is 1.63. The Bertz CT molecular complexity index is 885. The summed E-state index contributed by atoms with van der Waals surface area (Å²) in [4.78, 5) is 17.4. The highest BCUT2D eigenvalue weighted by Crippen LogP contribution is 2.32. The Morgan fingerprint density at radius 2 is 1.69 bits per heavy atom. The molecule has 0 bridgehead atoms. The van der Waals surface area contributed by atoms with Gasteiger partial charge in [-0.2, -0.15) is 0 Å². The highest BCUT2D eigenvalue weighted by Gasteiger charge is 2.24. The number of carbonyl (C=O) groups is 1.